The van der Waals surface area contributed by atoms with E-state index < -0.39 is 0 Å². The molecule has 0 saturated carbocycles. The SMILES string of the molecule is COCc1nn2c(C)c(C(=O)Nc3ccc(C)cc3)nnc2c1-c1ccc(Br)cc1. The average Bonchev–Trinajstić information content (AvgIpc) is 3.10. The first kappa shape index (κ1) is 20.2. The van der Waals surface area contributed by atoms with E-state index in [9.17, 15) is 4.79 Å². The van der Waals surface area contributed by atoms with Crippen LogP contribution in [-0.4, -0.2) is 32.8 Å². The van der Waals surface area contributed by atoms with E-state index in [0.29, 0.717) is 23.6 Å². The fourth-order valence-electron chi connectivity index (χ4n) is 3.24. The molecular formula is C22H20BrN5O2. The lowest BCUT2D eigenvalue weighted by Crippen LogP contribution is -2.18. The quantitative estimate of drug-likeness (QED) is 0.466. The Labute approximate surface area is 182 Å². The van der Waals surface area contributed by atoms with Crippen molar-refractivity contribution in [2.45, 2.75) is 20.5 Å². The number of amides is 1. The van der Waals surface area contributed by atoms with Crippen molar-refractivity contribution in [3.8, 4) is 11.1 Å². The minimum Gasteiger partial charge on any atom is -0.378 e. The number of methoxy groups -OCH3 is 1. The van der Waals surface area contributed by atoms with Crippen molar-refractivity contribution in [2.75, 3.05) is 12.4 Å². The number of carbonyl (C=O) groups excluding carboxylic acids is 1. The van der Waals surface area contributed by atoms with Crippen molar-refractivity contribution in [2.24, 2.45) is 0 Å². The minimum atomic E-state index is -0.334. The molecule has 1 N–H and O–H groups in total. The first-order chi connectivity index (χ1) is 14.5. The number of nitrogens with zero attached hydrogens (tertiary/aromatic N) is 4. The largest absolute Gasteiger partial charge is 0.378 e. The highest BCUT2D eigenvalue weighted by atomic mass is 79.9. The number of aromatic nitrogens is 4. The summed E-state index contributed by atoms with van der Waals surface area (Å²) in [6, 6.07) is 15.5. The number of hydrogen-bond donors (Lipinski definition) is 1. The fourth-order valence-corrected chi connectivity index (χ4v) is 3.50. The first-order valence-corrected chi connectivity index (χ1v) is 10.1. The van der Waals surface area contributed by atoms with Crippen LogP contribution in [0.4, 0.5) is 5.69 Å². The highest BCUT2D eigenvalue weighted by Gasteiger charge is 2.22. The number of anilines is 1. The van der Waals surface area contributed by atoms with Gasteiger partial charge in [0.1, 0.15) is 0 Å². The summed E-state index contributed by atoms with van der Waals surface area (Å²) in [5.41, 5.74) is 5.73. The summed E-state index contributed by atoms with van der Waals surface area (Å²) < 4.78 is 7.97. The molecular weight excluding hydrogens is 446 g/mol. The maximum atomic E-state index is 12.8. The van der Waals surface area contributed by atoms with Gasteiger partial charge in [-0.2, -0.15) is 5.10 Å². The Hall–Kier alpha value is -3.10. The normalized spacial score (nSPS) is 11.1. The number of carbonyl (C=O) groups is 1. The van der Waals surface area contributed by atoms with Crippen LogP contribution in [0.15, 0.2) is 53.0 Å². The van der Waals surface area contributed by atoms with Gasteiger partial charge in [0.15, 0.2) is 11.3 Å². The van der Waals surface area contributed by atoms with Crippen LogP contribution in [0.3, 0.4) is 0 Å². The van der Waals surface area contributed by atoms with E-state index in [1.54, 1.807) is 18.5 Å². The second-order valence-corrected chi connectivity index (χ2v) is 7.87. The smallest absolute Gasteiger partial charge is 0.278 e. The third-order valence-corrected chi connectivity index (χ3v) is 5.31. The molecule has 0 saturated heterocycles. The average molecular weight is 466 g/mol. The number of fused-ring (bicyclic) bond motifs is 1. The summed E-state index contributed by atoms with van der Waals surface area (Å²) in [4.78, 5) is 12.8. The zero-order valence-electron chi connectivity index (χ0n) is 16.8. The molecule has 4 rings (SSSR count). The van der Waals surface area contributed by atoms with E-state index in [-0.39, 0.29) is 11.6 Å². The maximum Gasteiger partial charge on any atom is 0.278 e. The van der Waals surface area contributed by atoms with Gasteiger partial charge in [0.2, 0.25) is 0 Å². The van der Waals surface area contributed by atoms with Gasteiger partial charge in [-0.05, 0) is 43.7 Å². The zero-order chi connectivity index (χ0) is 21.3. The van der Waals surface area contributed by atoms with Crippen LogP contribution in [0.5, 0.6) is 0 Å². The number of ether oxygens (including phenoxy) is 1. The van der Waals surface area contributed by atoms with Gasteiger partial charge in [-0.25, -0.2) is 4.52 Å². The number of aryl methyl sites for hydroxylation is 2. The molecule has 1 amide bonds. The molecule has 2 heterocycles. The number of nitrogens with one attached hydrogen (secondary N) is 1. The Balaban J connectivity index is 1.77. The van der Waals surface area contributed by atoms with Gasteiger partial charge in [-0.3, -0.25) is 4.79 Å². The first-order valence-electron chi connectivity index (χ1n) is 9.35. The number of benzene rings is 2. The highest BCUT2D eigenvalue weighted by Crippen LogP contribution is 2.30. The second-order valence-electron chi connectivity index (χ2n) is 6.95. The standard InChI is InChI=1S/C22H20BrN5O2/c1-13-4-10-17(11-5-13)24-22(29)20-14(2)28-21(26-25-20)19(18(27-28)12-30-3)15-6-8-16(23)9-7-15/h4-11H,12H2,1-3H3,(H,24,29). The Morgan fingerprint density at radius 1 is 1.07 bits per heavy atom. The molecule has 30 heavy (non-hydrogen) atoms. The molecule has 2 aromatic heterocycles. The van der Waals surface area contributed by atoms with Crippen LogP contribution in [-0.2, 0) is 11.3 Å². The summed E-state index contributed by atoms with van der Waals surface area (Å²) in [6.07, 6.45) is 0. The monoisotopic (exact) mass is 465 g/mol. The zero-order valence-corrected chi connectivity index (χ0v) is 18.4. The summed E-state index contributed by atoms with van der Waals surface area (Å²) in [7, 11) is 1.62. The van der Waals surface area contributed by atoms with E-state index in [1.807, 2.05) is 55.5 Å². The van der Waals surface area contributed by atoms with Crippen molar-refractivity contribution in [1.29, 1.82) is 0 Å². The molecule has 0 aliphatic carbocycles. The molecule has 0 atom stereocenters. The van der Waals surface area contributed by atoms with Crippen molar-refractivity contribution in [1.82, 2.24) is 19.8 Å². The summed E-state index contributed by atoms with van der Waals surface area (Å²) >= 11 is 3.46. The number of halogens is 1. The summed E-state index contributed by atoms with van der Waals surface area (Å²) in [5.74, 6) is -0.334. The lowest BCUT2D eigenvalue weighted by Gasteiger charge is -2.08. The molecule has 4 aromatic rings. The van der Waals surface area contributed by atoms with E-state index in [0.717, 1.165) is 26.9 Å². The number of rotatable bonds is 5. The molecule has 152 valence electrons. The van der Waals surface area contributed by atoms with Crippen LogP contribution >= 0.6 is 15.9 Å². The van der Waals surface area contributed by atoms with Gasteiger partial charge in [-0.15, -0.1) is 10.2 Å². The topological polar surface area (TPSA) is 81.4 Å². The van der Waals surface area contributed by atoms with Crippen LogP contribution in [0.2, 0.25) is 0 Å². The van der Waals surface area contributed by atoms with Gasteiger partial charge in [0, 0.05) is 17.3 Å². The van der Waals surface area contributed by atoms with Gasteiger partial charge >= 0.3 is 0 Å². The molecule has 8 heteroatoms. The van der Waals surface area contributed by atoms with Gasteiger partial charge in [0.25, 0.3) is 5.91 Å². The Morgan fingerprint density at radius 2 is 1.77 bits per heavy atom. The lowest BCUT2D eigenvalue weighted by molar-refractivity contribution is 0.102. The molecule has 0 aliphatic rings. The molecule has 0 fully saturated rings. The Morgan fingerprint density at radius 3 is 2.43 bits per heavy atom. The van der Waals surface area contributed by atoms with Crippen molar-refractivity contribution in [3.63, 3.8) is 0 Å². The van der Waals surface area contributed by atoms with Crippen LogP contribution in [0.25, 0.3) is 16.8 Å². The summed E-state index contributed by atoms with van der Waals surface area (Å²) in [6.45, 7) is 4.12. The second kappa shape index (κ2) is 8.33. The van der Waals surface area contributed by atoms with E-state index >= 15 is 0 Å². The molecule has 0 radical (unpaired) electrons. The predicted octanol–water partition coefficient (Wildman–Crippen LogP) is 4.57. The molecule has 7 nitrogen and oxygen atoms in total. The fraction of sp³-hybridized carbons (Fsp3) is 0.182. The molecule has 2 aromatic carbocycles. The van der Waals surface area contributed by atoms with E-state index in [4.69, 9.17) is 4.74 Å². The number of hydrogen-bond acceptors (Lipinski definition) is 5. The Kier molecular flexibility index (Phi) is 5.61. The molecule has 0 aliphatic heterocycles. The van der Waals surface area contributed by atoms with Crippen molar-refractivity contribution in [3.05, 3.63) is 75.6 Å². The molecule has 0 unspecified atom stereocenters. The lowest BCUT2D eigenvalue weighted by atomic mass is 10.1. The highest BCUT2D eigenvalue weighted by molar-refractivity contribution is 9.10. The van der Waals surface area contributed by atoms with E-state index in [1.165, 1.54) is 0 Å². The van der Waals surface area contributed by atoms with Crippen LogP contribution in [0.1, 0.15) is 27.4 Å². The van der Waals surface area contributed by atoms with Crippen LogP contribution in [0, 0.1) is 13.8 Å². The van der Waals surface area contributed by atoms with Crippen LogP contribution < -0.4 is 5.32 Å². The predicted molar refractivity (Wildman–Crippen MR) is 119 cm³/mol. The molecule has 0 spiro atoms. The van der Waals surface area contributed by atoms with Crippen molar-refractivity contribution < 1.29 is 9.53 Å². The maximum absolute atomic E-state index is 12.8. The third kappa shape index (κ3) is 3.83. The minimum absolute atomic E-state index is 0.219. The van der Waals surface area contributed by atoms with Gasteiger partial charge in [-0.1, -0.05) is 45.8 Å². The Bertz CT molecular complexity index is 1220. The molecule has 0 bridgehead atoms. The third-order valence-electron chi connectivity index (χ3n) is 4.78. The van der Waals surface area contributed by atoms with E-state index in [2.05, 4.69) is 36.5 Å². The van der Waals surface area contributed by atoms with Gasteiger partial charge in [0.05, 0.1) is 23.6 Å². The van der Waals surface area contributed by atoms with Crippen molar-refractivity contribution >= 4 is 33.2 Å². The summed E-state index contributed by atoms with van der Waals surface area (Å²) in [5, 5.41) is 16.1. The van der Waals surface area contributed by atoms with Gasteiger partial charge < -0.3 is 10.1 Å².